The highest BCUT2D eigenvalue weighted by Gasteiger charge is 2.23. The van der Waals surface area contributed by atoms with Crippen molar-refractivity contribution in [3.63, 3.8) is 0 Å². The number of rotatable bonds is 10. The Morgan fingerprint density at radius 3 is 2.18 bits per heavy atom. The van der Waals surface area contributed by atoms with Crippen LogP contribution >= 0.6 is 23.4 Å². The first-order valence-electron chi connectivity index (χ1n) is 13.7. The van der Waals surface area contributed by atoms with Crippen LogP contribution in [-0.2, 0) is 9.59 Å². The fraction of sp³-hybridized carbons (Fsp3) is 0.0571. The number of halogens is 1. The highest BCUT2D eigenvalue weighted by atomic mass is 35.5. The van der Waals surface area contributed by atoms with Crippen LogP contribution in [-0.4, -0.2) is 17.7 Å². The van der Waals surface area contributed by atoms with Crippen molar-refractivity contribution in [1.29, 1.82) is 0 Å². The van der Waals surface area contributed by atoms with E-state index in [2.05, 4.69) is 16.0 Å². The van der Waals surface area contributed by atoms with Crippen LogP contribution in [0.25, 0.3) is 6.08 Å². The van der Waals surface area contributed by atoms with E-state index in [-0.39, 0.29) is 11.6 Å². The molecule has 9 heteroatoms. The van der Waals surface area contributed by atoms with Gasteiger partial charge >= 0.3 is 0 Å². The van der Waals surface area contributed by atoms with E-state index in [1.807, 2.05) is 55.5 Å². The molecule has 3 amide bonds. The average molecular weight is 622 g/mol. The average Bonchev–Trinajstić information content (AvgIpc) is 3.56. The van der Waals surface area contributed by atoms with Crippen LogP contribution in [0.5, 0.6) is 0 Å². The zero-order valence-electron chi connectivity index (χ0n) is 23.6. The Morgan fingerprint density at radius 2 is 1.50 bits per heavy atom. The molecule has 5 rings (SSSR count). The lowest BCUT2D eigenvalue weighted by Crippen LogP contribution is -2.30. The summed E-state index contributed by atoms with van der Waals surface area (Å²) in [5, 5.41) is 8.55. The minimum Gasteiger partial charge on any atom is -0.465 e. The lowest BCUT2D eigenvalue weighted by molar-refractivity contribution is -0.116. The number of nitrogens with one attached hydrogen (secondary N) is 3. The van der Waals surface area contributed by atoms with Crippen molar-refractivity contribution in [2.45, 2.75) is 17.1 Å². The molecule has 1 unspecified atom stereocenters. The topological polar surface area (TPSA) is 100 Å². The first kappa shape index (κ1) is 30.4. The second kappa shape index (κ2) is 14.4. The molecule has 0 saturated heterocycles. The van der Waals surface area contributed by atoms with E-state index in [9.17, 15) is 14.4 Å². The summed E-state index contributed by atoms with van der Waals surface area (Å²) in [4.78, 5) is 40.4. The Kier molecular flexibility index (Phi) is 9.96. The quantitative estimate of drug-likeness (QED) is 0.108. The normalized spacial score (nSPS) is 11.8. The number of anilines is 2. The SMILES string of the molecule is Cc1c(Cl)cccc1NC(=O)C(Sc1ccc(NC(=O)/C(=C/c2ccco2)NC(=O)c2ccccc2)cc1)c1ccccc1. The number of hydrogen-bond acceptors (Lipinski definition) is 5. The zero-order valence-corrected chi connectivity index (χ0v) is 25.2. The van der Waals surface area contributed by atoms with Gasteiger partial charge in [-0.25, -0.2) is 0 Å². The van der Waals surface area contributed by atoms with Crippen LogP contribution < -0.4 is 16.0 Å². The van der Waals surface area contributed by atoms with Crippen molar-refractivity contribution < 1.29 is 18.8 Å². The fourth-order valence-corrected chi connectivity index (χ4v) is 5.45. The van der Waals surface area contributed by atoms with Gasteiger partial charge in [0.2, 0.25) is 5.91 Å². The van der Waals surface area contributed by atoms with E-state index in [1.165, 1.54) is 24.1 Å². The van der Waals surface area contributed by atoms with Gasteiger partial charge in [0.1, 0.15) is 16.7 Å². The van der Waals surface area contributed by atoms with Crippen molar-refractivity contribution in [2.75, 3.05) is 10.6 Å². The van der Waals surface area contributed by atoms with Crippen molar-refractivity contribution in [3.8, 4) is 0 Å². The van der Waals surface area contributed by atoms with Gasteiger partial charge in [-0.2, -0.15) is 0 Å². The maximum Gasteiger partial charge on any atom is 0.272 e. The maximum absolute atomic E-state index is 13.5. The van der Waals surface area contributed by atoms with Gasteiger partial charge in [-0.3, -0.25) is 14.4 Å². The van der Waals surface area contributed by atoms with E-state index < -0.39 is 17.1 Å². The fourth-order valence-electron chi connectivity index (χ4n) is 4.25. The van der Waals surface area contributed by atoms with Crippen molar-refractivity contribution in [3.05, 3.63) is 155 Å². The molecular formula is C35H28ClN3O4S. The molecule has 0 spiro atoms. The third kappa shape index (κ3) is 7.86. The Labute approximate surface area is 264 Å². The number of benzene rings is 4. The smallest absolute Gasteiger partial charge is 0.272 e. The molecule has 1 aromatic heterocycles. The Morgan fingerprint density at radius 1 is 0.795 bits per heavy atom. The van der Waals surface area contributed by atoms with Gasteiger partial charge in [0.05, 0.1) is 6.26 Å². The third-order valence-corrected chi connectivity index (χ3v) is 8.27. The van der Waals surface area contributed by atoms with Gasteiger partial charge in [0.25, 0.3) is 11.8 Å². The van der Waals surface area contributed by atoms with Gasteiger partial charge in [0.15, 0.2) is 0 Å². The summed E-state index contributed by atoms with van der Waals surface area (Å²) in [5.74, 6) is -0.729. The number of thioether (sulfide) groups is 1. The van der Waals surface area contributed by atoms with E-state index in [1.54, 1.807) is 66.7 Å². The monoisotopic (exact) mass is 621 g/mol. The largest absolute Gasteiger partial charge is 0.465 e. The van der Waals surface area contributed by atoms with Crippen molar-refractivity contribution in [1.82, 2.24) is 5.32 Å². The zero-order chi connectivity index (χ0) is 30.9. The molecule has 4 aromatic carbocycles. The van der Waals surface area contributed by atoms with Gasteiger partial charge in [-0.1, -0.05) is 66.2 Å². The number of amides is 3. The molecule has 7 nitrogen and oxygen atoms in total. The van der Waals surface area contributed by atoms with Gasteiger partial charge in [0, 0.05) is 32.9 Å². The van der Waals surface area contributed by atoms with Crippen LogP contribution in [0.15, 0.2) is 137 Å². The minimum atomic E-state index is -0.550. The molecule has 0 radical (unpaired) electrons. The summed E-state index contributed by atoms with van der Waals surface area (Å²) < 4.78 is 5.36. The molecule has 220 valence electrons. The number of hydrogen-bond donors (Lipinski definition) is 3. The molecule has 44 heavy (non-hydrogen) atoms. The highest BCUT2D eigenvalue weighted by molar-refractivity contribution is 8.00. The third-order valence-electron chi connectivity index (χ3n) is 6.59. The first-order valence-corrected chi connectivity index (χ1v) is 14.9. The Hall–Kier alpha value is -5.05. The standard InChI is InChI=1S/C35H28ClN3O4S/c1-23-29(36)15-8-16-30(23)38-35(42)32(24-10-4-2-5-11-24)44-28-19-17-26(18-20-28)37-34(41)31(22-27-14-9-21-43-27)39-33(40)25-12-6-3-7-13-25/h2-22,32H,1H3,(H,37,41)(H,38,42)(H,39,40)/b31-22-. The second-order valence-electron chi connectivity index (χ2n) is 9.68. The van der Waals surface area contributed by atoms with E-state index in [4.69, 9.17) is 16.0 Å². The molecule has 1 atom stereocenters. The lowest BCUT2D eigenvalue weighted by Gasteiger charge is -2.18. The number of furan rings is 1. The van der Waals surface area contributed by atoms with Gasteiger partial charge < -0.3 is 20.4 Å². The van der Waals surface area contributed by atoms with Crippen molar-refractivity contribution >= 4 is 58.5 Å². The minimum absolute atomic E-state index is 0.0179. The lowest BCUT2D eigenvalue weighted by atomic mass is 10.1. The summed E-state index contributed by atoms with van der Waals surface area (Å²) in [5.41, 5.74) is 3.22. The molecule has 3 N–H and O–H groups in total. The second-order valence-corrected chi connectivity index (χ2v) is 11.3. The molecule has 0 saturated carbocycles. The van der Waals surface area contributed by atoms with Crippen LogP contribution in [0.2, 0.25) is 5.02 Å². The van der Waals surface area contributed by atoms with E-state index in [0.717, 1.165) is 16.0 Å². The van der Waals surface area contributed by atoms with E-state index in [0.29, 0.717) is 27.7 Å². The highest BCUT2D eigenvalue weighted by Crippen LogP contribution is 2.37. The summed E-state index contributed by atoms with van der Waals surface area (Å²) >= 11 is 7.65. The molecule has 0 aliphatic rings. The van der Waals surface area contributed by atoms with Crippen LogP contribution in [0, 0.1) is 6.92 Å². The summed E-state index contributed by atoms with van der Waals surface area (Å²) in [6.45, 7) is 1.86. The summed E-state index contributed by atoms with van der Waals surface area (Å²) in [7, 11) is 0. The number of carbonyl (C=O) groups is 3. The predicted octanol–water partition coefficient (Wildman–Crippen LogP) is 8.12. The first-order chi connectivity index (χ1) is 21.4. The van der Waals surface area contributed by atoms with Crippen molar-refractivity contribution in [2.24, 2.45) is 0 Å². The van der Waals surface area contributed by atoms with Crippen LogP contribution in [0.1, 0.15) is 32.5 Å². The molecule has 1 heterocycles. The molecule has 0 aliphatic heterocycles. The number of carbonyl (C=O) groups excluding carboxylic acids is 3. The molecule has 0 bridgehead atoms. The Balaban J connectivity index is 1.31. The molecule has 0 aliphatic carbocycles. The maximum atomic E-state index is 13.5. The van der Waals surface area contributed by atoms with Crippen LogP contribution in [0.3, 0.4) is 0 Å². The molecule has 5 aromatic rings. The molecular weight excluding hydrogens is 594 g/mol. The summed E-state index contributed by atoms with van der Waals surface area (Å²) in [6, 6.07) is 34.0. The van der Waals surface area contributed by atoms with Gasteiger partial charge in [-0.15, -0.1) is 11.8 Å². The predicted molar refractivity (Wildman–Crippen MR) is 176 cm³/mol. The van der Waals surface area contributed by atoms with E-state index >= 15 is 0 Å². The van der Waals surface area contributed by atoms with Crippen LogP contribution in [0.4, 0.5) is 11.4 Å². The summed E-state index contributed by atoms with van der Waals surface area (Å²) in [6.07, 6.45) is 2.95. The van der Waals surface area contributed by atoms with Gasteiger partial charge in [-0.05, 0) is 78.7 Å². The molecule has 0 fully saturated rings. The Bertz CT molecular complexity index is 1770.